The summed E-state index contributed by atoms with van der Waals surface area (Å²) < 4.78 is 38.4. The molecule has 1 atom stereocenters. The lowest BCUT2D eigenvalue weighted by Gasteiger charge is -2.12. The lowest BCUT2D eigenvalue weighted by Crippen LogP contribution is -2.14. The van der Waals surface area contributed by atoms with Crippen LogP contribution in [-0.4, -0.2) is 30.6 Å². The fourth-order valence-electron chi connectivity index (χ4n) is 3.24. The van der Waals surface area contributed by atoms with Gasteiger partial charge >= 0.3 is 0 Å². The highest BCUT2D eigenvalue weighted by molar-refractivity contribution is 5.91. The molecule has 32 heavy (non-hydrogen) atoms. The van der Waals surface area contributed by atoms with E-state index >= 15 is 0 Å². The molecule has 0 aliphatic carbocycles. The van der Waals surface area contributed by atoms with Crippen LogP contribution in [0.25, 0.3) is 16.8 Å². The smallest absolute Gasteiger partial charge is 0.230 e. The number of carbonyl (C=O) groups excluding carboxylic acids is 1. The van der Waals surface area contributed by atoms with Crippen molar-refractivity contribution in [3.05, 3.63) is 53.8 Å². The first-order chi connectivity index (χ1) is 16.7. The third kappa shape index (κ3) is 4.18. The summed E-state index contributed by atoms with van der Waals surface area (Å²) in [6.07, 6.45) is 1.29. The van der Waals surface area contributed by atoms with Crippen molar-refractivity contribution in [3.8, 4) is 11.3 Å². The van der Waals surface area contributed by atoms with Crippen molar-refractivity contribution in [2.75, 3.05) is 11.1 Å². The molecule has 1 amide bonds. The molecular weight excluding hydrogens is 406 g/mol. The van der Waals surface area contributed by atoms with Crippen molar-refractivity contribution >= 4 is 23.1 Å². The second-order valence-electron chi connectivity index (χ2n) is 8.56. The van der Waals surface area contributed by atoms with Gasteiger partial charge in [-0.25, -0.2) is 14.5 Å². The van der Waals surface area contributed by atoms with Crippen LogP contribution in [0.4, 0.5) is 11.6 Å². The second-order valence-corrected chi connectivity index (χ2v) is 8.56. The van der Waals surface area contributed by atoms with Gasteiger partial charge < -0.3 is 15.6 Å². The normalized spacial score (nSPS) is 16.0. The lowest BCUT2D eigenvalue weighted by atomic mass is 9.93. The Hall–Kier alpha value is -3.75. The Morgan fingerprint density at radius 3 is 2.75 bits per heavy atom. The number of nitrogens with zero attached hydrogens (tertiary/aromatic N) is 5. The number of aromatic nitrogens is 5. The van der Waals surface area contributed by atoms with Crippen molar-refractivity contribution in [2.45, 2.75) is 52.3 Å². The zero-order valence-corrected chi connectivity index (χ0v) is 18.3. The van der Waals surface area contributed by atoms with E-state index in [1.807, 2.05) is 20.8 Å². The third-order valence-corrected chi connectivity index (χ3v) is 4.91. The number of nitrogens with two attached hydrogens (primary N) is 1. The lowest BCUT2D eigenvalue weighted by molar-refractivity contribution is -0.115. The van der Waals surface area contributed by atoms with Crippen LogP contribution in [0.5, 0.6) is 0 Å². The van der Waals surface area contributed by atoms with Gasteiger partial charge in [-0.05, 0) is 5.56 Å². The van der Waals surface area contributed by atoms with Gasteiger partial charge in [-0.15, -0.1) is 0 Å². The summed E-state index contributed by atoms with van der Waals surface area (Å²) >= 11 is 0. The van der Waals surface area contributed by atoms with Gasteiger partial charge in [0.1, 0.15) is 29.1 Å². The van der Waals surface area contributed by atoms with Gasteiger partial charge in [-0.2, -0.15) is 5.10 Å². The minimum absolute atomic E-state index is 0.0766. The Morgan fingerprint density at radius 2 is 2.09 bits per heavy atom. The molecule has 0 saturated carbocycles. The van der Waals surface area contributed by atoms with Crippen LogP contribution in [0, 0.1) is 0 Å². The molecule has 3 aromatic heterocycles. The number of fused-ring (bicyclic) bond motifs is 1. The Morgan fingerprint density at radius 1 is 1.34 bits per heavy atom. The molecule has 9 heteroatoms. The van der Waals surface area contributed by atoms with Crippen LogP contribution in [0.15, 0.2) is 41.2 Å². The van der Waals surface area contributed by atoms with Crippen LogP contribution in [0.2, 0.25) is 0 Å². The van der Waals surface area contributed by atoms with Crippen molar-refractivity contribution < 1.29 is 14.8 Å². The number of amides is 1. The van der Waals surface area contributed by atoms with Gasteiger partial charge in [-0.1, -0.05) is 64.0 Å². The van der Waals surface area contributed by atoms with E-state index in [1.165, 1.54) is 17.8 Å². The molecule has 0 fully saturated rings. The Balaban J connectivity index is 1.60. The standard InChI is InChI=1S/C23H27N7O2/c1-13(2)22-28-19(20-21(24)25-12-26-30(20)22)15-8-6-14(7-9-15)10-18(31)27-17-11-16(32-29-17)23(3,4)5/h6-9,11-13H,10H2,1-5H3,(H2,24,25,26)(H,27,29,31)/i1D3,13D. The van der Waals surface area contributed by atoms with E-state index in [2.05, 4.69) is 25.5 Å². The van der Waals surface area contributed by atoms with Crippen molar-refractivity contribution in [1.29, 1.82) is 0 Å². The molecule has 4 rings (SSSR count). The first-order valence-electron chi connectivity index (χ1n) is 12.0. The first kappa shape index (κ1) is 16.9. The van der Waals surface area contributed by atoms with Crippen LogP contribution < -0.4 is 11.1 Å². The summed E-state index contributed by atoms with van der Waals surface area (Å²) in [4.78, 5) is 21.0. The van der Waals surface area contributed by atoms with E-state index in [0.717, 1.165) is 5.56 Å². The number of rotatable bonds is 5. The number of anilines is 2. The minimum Gasteiger partial charge on any atom is -0.382 e. The quantitative estimate of drug-likeness (QED) is 0.484. The summed E-state index contributed by atoms with van der Waals surface area (Å²) in [5.41, 5.74) is 7.85. The number of hydrogen-bond acceptors (Lipinski definition) is 7. The maximum atomic E-state index is 12.5. The zero-order chi connectivity index (χ0) is 26.5. The SMILES string of the molecule is [2H]C([2H])([2H])C([2H])(C)c1nc(-c2ccc(CC(=O)Nc3cc(C(C)(C)C)on3)cc2)c2c(N)ncnn12. The minimum atomic E-state index is -2.65. The second kappa shape index (κ2) is 8.07. The van der Waals surface area contributed by atoms with E-state index < -0.39 is 12.7 Å². The highest BCUT2D eigenvalue weighted by Gasteiger charge is 2.21. The number of nitrogen functional groups attached to an aromatic ring is 1. The summed E-state index contributed by atoms with van der Waals surface area (Å²) in [7, 11) is 0. The van der Waals surface area contributed by atoms with Gasteiger partial charge in [0.25, 0.3) is 0 Å². The molecule has 0 bridgehead atoms. The zero-order valence-electron chi connectivity index (χ0n) is 22.3. The van der Waals surface area contributed by atoms with Crippen LogP contribution in [-0.2, 0) is 16.6 Å². The van der Waals surface area contributed by atoms with Crippen molar-refractivity contribution in [3.63, 3.8) is 0 Å². The topological polar surface area (TPSA) is 124 Å². The predicted molar refractivity (Wildman–Crippen MR) is 122 cm³/mol. The number of hydrogen-bond donors (Lipinski definition) is 2. The molecule has 0 radical (unpaired) electrons. The number of nitrogens with one attached hydrogen (secondary N) is 1. The van der Waals surface area contributed by atoms with Gasteiger partial charge in [-0.3, -0.25) is 4.79 Å². The van der Waals surface area contributed by atoms with Crippen LogP contribution in [0.3, 0.4) is 0 Å². The summed E-state index contributed by atoms with van der Waals surface area (Å²) in [6.45, 7) is 4.57. The molecule has 3 heterocycles. The molecular formula is C23H27N7O2. The molecule has 0 aliphatic rings. The molecule has 0 aliphatic heterocycles. The van der Waals surface area contributed by atoms with Crippen LogP contribution >= 0.6 is 0 Å². The van der Waals surface area contributed by atoms with Gasteiger partial charge in [0.2, 0.25) is 5.91 Å². The molecule has 0 spiro atoms. The molecule has 1 aromatic carbocycles. The predicted octanol–water partition coefficient (Wildman–Crippen LogP) is 3.96. The van der Waals surface area contributed by atoms with E-state index in [-0.39, 0.29) is 29.4 Å². The highest BCUT2D eigenvalue weighted by Crippen LogP contribution is 2.30. The summed E-state index contributed by atoms with van der Waals surface area (Å²) in [5, 5.41) is 10.7. The largest absolute Gasteiger partial charge is 0.382 e. The van der Waals surface area contributed by atoms with E-state index in [1.54, 1.807) is 30.3 Å². The maximum Gasteiger partial charge on any atom is 0.230 e. The summed E-state index contributed by atoms with van der Waals surface area (Å²) in [6, 6.07) is 8.70. The fourth-order valence-corrected chi connectivity index (χ4v) is 3.24. The third-order valence-electron chi connectivity index (χ3n) is 4.91. The number of benzene rings is 1. The van der Waals surface area contributed by atoms with Gasteiger partial charge in [0.15, 0.2) is 11.6 Å². The Kier molecular flexibility index (Phi) is 4.26. The Bertz CT molecular complexity index is 1420. The van der Waals surface area contributed by atoms with Gasteiger partial charge in [0, 0.05) is 28.4 Å². The van der Waals surface area contributed by atoms with Crippen molar-refractivity contribution in [1.82, 2.24) is 24.7 Å². The highest BCUT2D eigenvalue weighted by atomic mass is 16.5. The molecule has 1 unspecified atom stereocenters. The fraction of sp³-hybridized carbons (Fsp3) is 0.348. The maximum absolute atomic E-state index is 12.5. The van der Waals surface area contributed by atoms with Crippen LogP contribution in [0.1, 0.15) is 63.1 Å². The molecule has 3 N–H and O–H groups in total. The number of imidazole rings is 1. The Labute approximate surface area is 191 Å². The van der Waals surface area contributed by atoms with E-state index in [0.29, 0.717) is 28.4 Å². The first-order valence-corrected chi connectivity index (χ1v) is 10.0. The average molecular weight is 438 g/mol. The number of carbonyl (C=O) groups is 1. The molecule has 4 aromatic rings. The molecule has 9 nitrogen and oxygen atoms in total. The summed E-state index contributed by atoms with van der Waals surface area (Å²) in [5.74, 6) is -1.26. The van der Waals surface area contributed by atoms with Gasteiger partial charge in [0.05, 0.1) is 6.42 Å². The molecule has 166 valence electrons. The van der Waals surface area contributed by atoms with E-state index in [9.17, 15) is 4.79 Å². The van der Waals surface area contributed by atoms with Crippen molar-refractivity contribution in [2.24, 2.45) is 0 Å². The van der Waals surface area contributed by atoms with E-state index in [4.69, 9.17) is 15.7 Å². The average Bonchev–Trinajstić information content (AvgIpc) is 3.39. The monoisotopic (exact) mass is 437 g/mol. The molecule has 0 saturated heterocycles.